The van der Waals surface area contributed by atoms with Crippen molar-refractivity contribution in [2.45, 2.75) is 6.92 Å². The molecule has 3 aromatic carbocycles. The first-order valence-corrected chi connectivity index (χ1v) is 11.2. The zero-order valence-corrected chi connectivity index (χ0v) is 18.4. The Morgan fingerprint density at radius 1 is 0.781 bits per heavy atom. The molecule has 5 rings (SSSR count). The molecule has 0 unspecified atom stereocenters. The molecule has 3 heteroatoms. The van der Waals surface area contributed by atoms with E-state index in [-0.39, 0.29) is 0 Å². The molecule has 0 fully saturated rings. The maximum absolute atomic E-state index is 5.73. The summed E-state index contributed by atoms with van der Waals surface area (Å²) >= 11 is 1.64. The molecule has 2 nitrogen and oxygen atoms in total. The van der Waals surface area contributed by atoms with E-state index in [1.165, 1.54) is 16.5 Å². The molecule has 0 bridgehead atoms. The summed E-state index contributed by atoms with van der Waals surface area (Å²) in [6.07, 6.45) is 11.5. The standard InChI is InChI=1S/C29H20N2S/c1-3-8-24-25-16-15-23(17-29(25)32-28(24)4-2)27-18-26(30-19-31-27)22-13-11-21(12-14-22)20-9-6-5-7-10-20/h2-3,5-19H,1H3/b8-3-. The van der Waals surface area contributed by atoms with Gasteiger partial charge in [0.1, 0.15) is 6.33 Å². The maximum Gasteiger partial charge on any atom is 0.116 e. The summed E-state index contributed by atoms with van der Waals surface area (Å²) in [5, 5.41) is 1.18. The van der Waals surface area contributed by atoms with Crippen molar-refractivity contribution in [2.24, 2.45) is 0 Å². The van der Waals surface area contributed by atoms with Gasteiger partial charge in [0.25, 0.3) is 0 Å². The second-order valence-electron chi connectivity index (χ2n) is 7.43. The van der Waals surface area contributed by atoms with Gasteiger partial charge in [0.05, 0.1) is 16.3 Å². The van der Waals surface area contributed by atoms with Crippen molar-refractivity contribution in [1.29, 1.82) is 0 Å². The molecule has 2 aromatic heterocycles. The third-order valence-electron chi connectivity index (χ3n) is 5.44. The van der Waals surface area contributed by atoms with Crippen LogP contribution in [0.4, 0.5) is 0 Å². The number of thiophene rings is 1. The first-order valence-electron chi connectivity index (χ1n) is 10.4. The van der Waals surface area contributed by atoms with Crippen molar-refractivity contribution in [3.63, 3.8) is 0 Å². The van der Waals surface area contributed by atoms with Gasteiger partial charge in [0.15, 0.2) is 0 Å². The predicted molar refractivity (Wildman–Crippen MR) is 136 cm³/mol. The van der Waals surface area contributed by atoms with Gasteiger partial charge >= 0.3 is 0 Å². The molecule has 2 heterocycles. The minimum atomic E-state index is 0.896. The van der Waals surface area contributed by atoms with E-state index < -0.39 is 0 Å². The van der Waals surface area contributed by atoms with Crippen LogP contribution in [0.3, 0.4) is 0 Å². The van der Waals surface area contributed by atoms with Crippen molar-refractivity contribution >= 4 is 27.5 Å². The molecule has 0 amide bonds. The quantitative estimate of drug-likeness (QED) is 0.274. The lowest BCUT2D eigenvalue weighted by Crippen LogP contribution is -1.89. The fraction of sp³-hybridized carbons (Fsp3) is 0.0345. The van der Waals surface area contributed by atoms with Crippen LogP contribution in [0.5, 0.6) is 0 Å². The van der Waals surface area contributed by atoms with E-state index in [0.29, 0.717) is 0 Å². The number of terminal acetylenes is 1. The van der Waals surface area contributed by atoms with Crippen LogP contribution in [0.1, 0.15) is 17.4 Å². The van der Waals surface area contributed by atoms with Gasteiger partial charge in [0, 0.05) is 26.8 Å². The molecule has 0 aliphatic heterocycles. The van der Waals surface area contributed by atoms with Gasteiger partial charge in [-0.2, -0.15) is 0 Å². The van der Waals surface area contributed by atoms with Crippen molar-refractivity contribution in [1.82, 2.24) is 9.97 Å². The normalized spacial score (nSPS) is 11.1. The summed E-state index contributed by atoms with van der Waals surface area (Å²) in [6, 6.07) is 27.3. The third kappa shape index (κ3) is 3.73. The SMILES string of the molecule is C#Cc1sc2cc(-c3cc(-c4ccc(-c5ccccc5)cc4)ncn3)ccc2c1/C=C\C. The van der Waals surface area contributed by atoms with Gasteiger partial charge in [-0.05, 0) is 30.2 Å². The number of fused-ring (bicyclic) bond motifs is 1. The summed E-state index contributed by atoms with van der Waals surface area (Å²) in [5.74, 6) is 2.82. The molecular formula is C29H20N2S. The van der Waals surface area contributed by atoms with Crippen LogP contribution in [-0.2, 0) is 0 Å². The van der Waals surface area contributed by atoms with Gasteiger partial charge in [-0.3, -0.25) is 0 Å². The molecule has 0 radical (unpaired) electrons. The van der Waals surface area contributed by atoms with E-state index >= 15 is 0 Å². The second-order valence-corrected chi connectivity index (χ2v) is 8.48. The molecule has 0 aliphatic carbocycles. The van der Waals surface area contributed by atoms with Crippen LogP contribution in [0.2, 0.25) is 0 Å². The Balaban J connectivity index is 1.50. The minimum absolute atomic E-state index is 0.896. The van der Waals surface area contributed by atoms with E-state index in [1.54, 1.807) is 17.7 Å². The van der Waals surface area contributed by atoms with Crippen molar-refractivity contribution in [3.05, 3.63) is 102 Å². The molecule has 152 valence electrons. The van der Waals surface area contributed by atoms with Crippen LogP contribution < -0.4 is 0 Å². The Hall–Kier alpha value is -4.00. The predicted octanol–water partition coefficient (Wildman–Crippen LogP) is 7.71. The smallest absolute Gasteiger partial charge is 0.116 e. The zero-order chi connectivity index (χ0) is 21.9. The molecule has 0 saturated heterocycles. The summed E-state index contributed by atoms with van der Waals surface area (Å²) in [5.41, 5.74) is 7.42. The lowest BCUT2D eigenvalue weighted by Gasteiger charge is -2.07. The van der Waals surface area contributed by atoms with Crippen LogP contribution in [0.15, 0.2) is 91.3 Å². The lowest BCUT2D eigenvalue weighted by molar-refractivity contribution is 1.18. The first kappa shape index (κ1) is 19.9. The largest absolute Gasteiger partial charge is 0.236 e. The summed E-state index contributed by atoms with van der Waals surface area (Å²) < 4.78 is 1.16. The average Bonchev–Trinajstić information content (AvgIpc) is 3.22. The average molecular weight is 429 g/mol. The Morgan fingerprint density at radius 3 is 2.16 bits per heavy atom. The fourth-order valence-corrected chi connectivity index (χ4v) is 4.89. The molecular weight excluding hydrogens is 408 g/mol. The van der Waals surface area contributed by atoms with E-state index in [1.807, 2.05) is 25.1 Å². The molecule has 0 atom stereocenters. The maximum atomic E-state index is 5.73. The Labute approximate surface area is 191 Å². The van der Waals surface area contributed by atoms with Gasteiger partial charge in [0.2, 0.25) is 0 Å². The van der Waals surface area contributed by atoms with Crippen molar-refractivity contribution in [2.75, 3.05) is 0 Å². The van der Waals surface area contributed by atoms with Crippen LogP contribution in [0, 0.1) is 12.3 Å². The number of aromatic nitrogens is 2. The molecule has 5 aromatic rings. The monoisotopic (exact) mass is 428 g/mol. The lowest BCUT2D eigenvalue weighted by atomic mass is 10.0. The van der Waals surface area contributed by atoms with Crippen LogP contribution >= 0.6 is 11.3 Å². The number of allylic oxidation sites excluding steroid dienone is 1. The zero-order valence-electron chi connectivity index (χ0n) is 17.6. The van der Waals surface area contributed by atoms with E-state index in [4.69, 9.17) is 6.42 Å². The molecule has 0 spiro atoms. The fourth-order valence-electron chi connectivity index (χ4n) is 3.85. The third-order valence-corrected chi connectivity index (χ3v) is 6.54. The second kappa shape index (κ2) is 8.63. The van der Waals surface area contributed by atoms with Gasteiger partial charge in [-0.1, -0.05) is 84.8 Å². The first-order chi connectivity index (χ1) is 15.8. The molecule has 0 N–H and O–H groups in total. The van der Waals surface area contributed by atoms with E-state index in [9.17, 15) is 0 Å². The highest BCUT2D eigenvalue weighted by atomic mass is 32.1. The van der Waals surface area contributed by atoms with Gasteiger partial charge in [-0.25, -0.2) is 9.97 Å². The van der Waals surface area contributed by atoms with E-state index in [2.05, 4.69) is 88.7 Å². The minimum Gasteiger partial charge on any atom is -0.236 e. The van der Waals surface area contributed by atoms with Crippen molar-refractivity contribution < 1.29 is 0 Å². The van der Waals surface area contributed by atoms with Crippen LogP contribution in [0.25, 0.3) is 49.8 Å². The number of benzene rings is 3. The number of hydrogen-bond donors (Lipinski definition) is 0. The van der Waals surface area contributed by atoms with Gasteiger partial charge in [-0.15, -0.1) is 17.8 Å². The summed E-state index contributed by atoms with van der Waals surface area (Å²) in [4.78, 5) is 10.00. The number of rotatable bonds is 4. The summed E-state index contributed by atoms with van der Waals surface area (Å²) in [7, 11) is 0. The topological polar surface area (TPSA) is 25.8 Å². The Bertz CT molecular complexity index is 1470. The molecule has 32 heavy (non-hydrogen) atoms. The molecule has 0 aliphatic rings. The summed E-state index contributed by atoms with van der Waals surface area (Å²) in [6.45, 7) is 2.01. The number of hydrogen-bond acceptors (Lipinski definition) is 3. The van der Waals surface area contributed by atoms with Gasteiger partial charge < -0.3 is 0 Å². The Morgan fingerprint density at radius 2 is 1.44 bits per heavy atom. The van der Waals surface area contributed by atoms with E-state index in [0.717, 1.165) is 37.7 Å². The highest BCUT2D eigenvalue weighted by molar-refractivity contribution is 7.19. The number of nitrogens with zero attached hydrogens (tertiary/aromatic N) is 2. The molecule has 0 saturated carbocycles. The van der Waals surface area contributed by atoms with Crippen molar-refractivity contribution in [3.8, 4) is 46.0 Å². The Kier molecular flexibility index (Phi) is 5.37. The highest BCUT2D eigenvalue weighted by Gasteiger charge is 2.11. The van der Waals surface area contributed by atoms with Crippen LogP contribution in [-0.4, -0.2) is 9.97 Å². The highest BCUT2D eigenvalue weighted by Crippen LogP contribution is 2.35.